The Balaban J connectivity index is 3.27. The van der Waals surface area contributed by atoms with Crippen molar-refractivity contribution in [2.24, 2.45) is 5.73 Å². The number of halogens is 1. The van der Waals surface area contributed by atoms with Crippen LogP contribution in [0.3, 0.4) is 0 Å². The standard InChI is InChI=1S/C10H13IN2/c1-3-9(12)8-5-7(11)4-6(2)10(8)13/h3-5,9H,1,12-13H2,2H3/t9-/m1/s1. The van der Waals surface area contributed by atoms with Gasteiger partial charge in [0, 0.05) is 15.3 Å². The molecule has 0 bridgehead atoms. The SMILES string of the molecule is C=C[C@@H](N)c1cc(I)cc(C)c1N. The van der Waals surface area contributed by atoms with Crippen LogP contribution in [-0.2, 0) is 0 Å². The minimum absolute atomic E-state index is 0.173. The van der Waals surface area contributed by atoms with Crippen molar-refractivity contribution in [1.29, 1.82) is 0 Å². The highest BCUT2D eigenvalue weighted by Crippen LogP contribution is 2.25. The smallest absolute Gasteiger partial charge is 0.0499 e. The summed E-state index contributed by atoms with van der Waals surface area (Å²) in [4.78, 5) is 0. The number of hydrogen-bond donors (Lipinski definition) is 2. The number of nitrogen functional groups attached to an aromatic ring is 1. The van der Waals surface area contributed by atoms with Crippen molar-refractivity contribution in [2.45, 2.75) is 13.0 Å². The van der Waals surface area contributed by atoms with Gasteiger partial charge in [0.25, 0.3) is 0 Å². The summed E-state index contributed by atoms with van der Waals surface area (Å²) < 4.78 is 1.15. The lowest BCUT2D eigenvalue weighted by molar-refractivity contribution is 0.914. The van der Waals surface area contributed by atoms with E-state index in [-0.39, 0.29) is 6.04 Å². The fourth-order valence-electron chi connectivity index (χ4n) is 1.18. The molecule has 4 N–H and O–H groups in total. The Bertz CT molecular complexity index is 334. The van der Waals surface area contributed by atoms with Crippen LogP contribution >= 0.6 is 22.6 Å². The third-order valence-electron chi connectivity index (χ3n) is 2.00. The molecule has 1 atom stereocenters. The summed E-state index contributed by atoms with van der Waals surface area (Å²) in [6, 6.07) is 3.86. The highest BCUT2D eigenvalue weighted by molar-refractivity contribution is 14.1. The second kappa shape index (κ2) is 4.11. The van der Waals surface area contributed by atoms with Crippen molar-refractivity contribution in [3.63, 3.8) is 0 Å². The molecule has 13 heavy (non-hydrogen) atoms. The van der Waals surface area contributed by atoms with Crippen LogP contribution in [0.2, 0.25) is 0 Å². The van der Waals surface area contributed by atoms with Crippen molar-refractivity contribution in [1.82, 2.24) is 0 Å². The zero-order valence-electron chi connectivity index (χ0n) is 7.55. The van der Waals surface area contributed by atoms with Crippen molar-refractivity contribution >= 4 is 28.3 Å². The first kappa shape index (κ1) is 10.5. The van der Waals surface area contributed by atoms with Crippen molar-refractivity contribution in [3.8, 4) is 0 Å². The number of hydrogen-bond acceptors (Lipinski definition) is 2. The highest BCUT2D eigenvalue weighted by atomic mass is 127. The molecule has 0 aliphatic rings. The monoisotopic (exact) mass is 288 g/mol. The Labute approximate surface area is 92.1 Å². The van der Waals surface area contributed by atoms with E-state index >= 15 is 0 Å². The lowest BCUT2D eigenvalue weighted by atomic mass is 10.0. The molecule has 0 aromatic heterocycles. The van der Waals surface area contributed by atoms with Crippen LogP contribution in [0.15, 0.2) is 24.8 Å². The largest absolute Gasteiger partial charge is 0.398 e. The molecule has 0 aliphatic carbocycles. The van der Waals surface area contributed by atoms with E-state index in [4.69, 9.17) is 11.5 Å². The van der Waals surface area contributed by atoms with Crippen LogP contribution in [0, 0.1) is 10.5 Å². The van der Waals surface area contributed by atoms with E-state index in [0.29, 0.717) is 0 Å². The van der Waals surface area contributed by atoms with Crippen molar-refractivity contribution < 1.29 is 0 Å². The van der Waals surface area contributed by atoms with E-state index in [1.54, 1.807) is 6.08 Å². The molecule has 3 heteroatoms. The van der Waals surface area contributed by atoms with Crippen LogP contribution in [0.1, 0.15) is 17.2 Å². The maximum atomic E-state index is 5.90. The molecule has 0 fully saturated rings. The average molecular weight is 288 g/mol. The Morgan fingerprint density at radius 2 is 2.15 bits per heavy atom. The lowest BCUT2D eigenvalue weighted by Crippen LogP contribution is -2.10. The van der Waals surface area contributed by atoms with Gasteiger partial charge in [0.2, 0.25) is 0 Å². The Morgan fingerprint density at radius 1 is 1.54 bits per heavy atom. The fourth-order valence-corrected chi connectivity index (χ4v) is 1.99. The van der Waals surface area contributed by atoms with Crippen LogP contribution in [0.5, 0.6) is 0 Å². The van der Waals surface area contributed by atoms with E-state index in [2.05, 4.69) is 29.2 Å². The van der Waals surface area contributed by atoms with Crippen LogP contribution in [-0.4, -0.2) is 0 Å². The Hall–Kier alpha value is -0.550. The predicted octanol–water partition coefficient (Wildman–Crippen LogP) is 2.37. The van der Waals surface area contributed by atoms with Gasteiger partial charge in [0.1, 0.15) is 0 Å². The van der Waals surface area contributed by atoms with Gasteiger partial charge in [-0.3, -0.25) is 0 Å². The molecular formula is C10H13IN2. The van der Waals surface area contributed by atoms with Gasteiger partial charge < -0.3 is 11.5 Å². The summed E-state index contributed by atoms with van der Waals surface area (Å²) >= 11 is 2.25. The molecule has 0 unspecified atom stereocenters. The quantitative estimate of drug-likeness (QED) is 0.498. The van der Waals surface area contributed by atoms with Gasteiger partial charge in [-0.15, -0.1) is 6.58 Å². The molecular weight excluding hydrogens is 275 g/mol. The van der Waals surface area contributed by atoms with Crippen LogP contribution in [0.4, 0.5) is 5.69 Å². The van der Waals surface area contributed by atoms with Gasteiger partial charge in [-0.05, 0) is 52.8 Å². The first-order valence-electron chi connectivity index (χ1n) is 4.00. The number of nitrogens with two attached hydrogens (primary N) is 2. The molecule has 70 valence electrons. The summed E-state index contributed by atoms with van der Waals surface area (Å²) in [6.07, 6.45) is 1.70. The van der Waals surface area contributed by atoms with Gasteiger partial charge in [0.05, 0.1) is 0 Å². The molecule has 0 aliphatic heterocycles. The van der Waals surface area contributed by atoms with Gasteiger partial charge in [-0.25, -0.2) is 0 Å². The summed E-state index contributed by atoms with van der Waals surface area (Å²) in [5, 5.41) is 0. The van der Waals surface area contributed by atoms with E-state index in [9.17, 15) is 0 Å². The van der Waals surface area contributed by atoms with Crippen molar-refractivity contribution in [2.75, 3.05) is 5.73 Å². The number of rotatable bonds is 2. The zero-order chi connectivity index (χ0) is 10.0. The van der Waals surface area contributed by atoms with Gasteiger partial charge in [-0.2, -0.15) is 0 Å². The summed E-state index contributed by atoms with van der Waals surface area (Å²) in [5.41, 5.74) is 14.5. The third kappa shape index (κ3) is 2.22. The predicted molar refractivity (Wildman–Crippen MR) is 65.4 cm³/mol. The highest BCUT2D eigenvalue weighted by Gasteiger charge is 2.08. The van der Waals surface area contributed by atoms with Crippen LogP contribution < -0.4 is 11.5 Å². The molecule has 0 spiro atoms. The summed E-state index contributed by atoms with van der Waals surface area (Å²) in [6.45, 7) is 5.64. The minimum Gasteiger partial charge on any atom is -0.398 e. The Kier molecular flexibility index (Phi) is 3.33. The molecule has 1 aromatic carbocycles. The van der Waals surface area contributed by atoms with Crippen LogP contribution in [0.25, 0.3) is 0 Å². The first-order valence-corrected chi connectivity index (χ1v) is 5.07. The maximum Gasteiger partial charge on any atom is 0.0499 e. The second-order valence-electron chi connectivity index (χ2n) is 2.99. The number of aryl methyl sites for hydroxylation is 1. The summed E-state index contributed by atoms with van der Waals surface area (Å²) in [5.74, 6) is 0. The zero-order valence-corrected chi connectivity index (χ0v) is 9.71. The second-order valence-corrected chi connectivity index (χ2v) is 4.23. The fraction of sp³-hybridized carbons (Fsp3) is 0.200. The van der Waals surface area contributed by atoms with E-state index < -0.39 is 0 Å². The minimum atomic E-state index is -0.173. The average Bonchev–Trinajstić information content (AvgIpc) is 2.10. The van der Waals surface area contributed by atoms with Gasteiger partial charge in [-0.1, -0.05) is 6.08 Å². The molecule has 1 aromatic rings. The molecule has 0 amide bonds. The Morgan fingerprint density at radius 3 is 2.69 bits per heavy atom. The molecule has 0 saturated heterocycles. The maximum absolute atomic E-state index is 5.90. The van der Waals surface area contributed by atoms with Gasteiger partial charge >= 0.3 is 0 Å². The van der Waals surface area contributed by atoms with E-state index in [0.717, 1.165) is 20.4 Å². The molecule has 0 heterocycles. The number of anilines is 1. The molecule has 2 nitrogen and oxygen atoms in total. The first-order chi connectivity index (χ1) is 6.06. The van der Waals surface area contributed by atoms with E-state index in [1.165, 1.54) is 0 Å². The third-order valence-corrected chi connectivity index (χ3v) is 2.62. The van der Waals surface area contributed by atoms with Crippen molar-refractivity contribution in [3.05, 3.63) is 39.5 Å². The number of benzene rings is 1. The normalized spacial score (nSPS) is 12.5. The molecule has 0 saturated carbocycles. The lowest BCUT2D eigenvalue weighted by Gasteiger charge is -2.12. The summed E-state index contributed by atoms with van der Waals surface area (Å²) in [7, 11) is 0. The molecule has 0 radical (unpaired) electrons. The van der Waals surface area contributed by atoms with Gasteiger partial charge in [0.15, 0.2) is 0 Å². The topological polar surface area (TPSA) is 52.0 Å². The van der Waals surface area contributed by atoms with E-state index in [1.807, 2.05) is 19.1 Å². The molecule has 1 rings (SSSR count).